The number of hydrogen-bond donors (Lipinski definition) is 1. The van der Waals surface area contributed by atoms with Crippen LogP contribution < -0.4 is 5.32 Å². The molecule has 1 N–H and O–H groups in total. The van der Waals surface area contributed by atoms with Gasteiger partial charge in [-0.3, -0.25) is 4.79 Å². The first-order valence-electron chi connectivity index (χ1n) is 5.67. The molecule has 1 unspecified atom stereocenters. The fraction of sp³-hybridized carbons (Fsp3) is 0.909. The number of rotatable bonds is 7. The largest absolute Gasteiger partial charge is 0.354 e. The molecule has 3 nitrogen and oxygen atoms in total. The van der Waals surface area contributed by atoms with Gasteiger partial charge in [0.05, 0.1) is 4.83 Å². The number of carbonyl (C=O) groups excluding carboxylic acids is 1. The Morgan fingerprint density at radius 1 is 1.33 bits per heavy atom. The van der Waals surface area contributed by atoms with Gasteiger partial charge in [-0.2, -0.15) is 0 Å². The van der Waals surface area contributed by atoms with Crippen molar-refractivity contribution >= 4 is 21.8 Å². The van der Waals surface area contributed by atoms with Crippen molar-refractivity contribution < 1.29 is 4.79 Å². The highest BCUT2D eigenvalue weighted by atomic mass is 79.9. The summed E-state index contributed by atoms with van der Waals surface area (Å²) in [6, 6.07) is 0. The van der Waals surface area contributed by atoms with Gasteiger partial charge in [0.25, 0.3) is 0 Å². The summed E-state index contributed by atoms with van der Waals surface area (Å²) in [4.78, 5) is 13.8. The molecule has 0 rings (SSSR count). The van der Waals surface area contributed by atoms with E-state index in [2.05, 4.69) is 40.0 Å². The summed E-state index contributed by atoms with van der Waals surface area (Å²) in [5, 5.41) is 2.94. The van der Waals surface area contributed by atoms with Crippen LogP contribution in [0.3, 0.4) is 0 Å². The Bertz CT molecular complexity index is 181. The van der Waals surface area contributed by atoms with E-state index in [0.29, 0.717) is 5.92 Å². The summed E-state index contributed by atoms with van der Waals surface area (Å²) in [5.74, 6) is 0.426. The van der Waals surface area contributed by atoms with Crippen molar-refractivity contribution in [2.45, 2.75) is 32.5 Å². The van der Waals surface area contributed by atoms with Gasteiger partial charge in [-0.05, 0) is 19.0 Å². The molecule has 0 heterocycles. The van der Waals surface area contributed by atoms with Crippen molar-refractivity contribution in [1.82, 2.24) is 10.2 Å². The van der Waals surface area contributed by atoms with E-state index >= 15 is 0 Å². The highest BCUT2D eigenvalue weighted by Gasteiger charge is 2.17. The minimum Gasteiger partial charge on any atom is -0.354 e. The van der Waals surface area contributed by atoms with E-state index in [4.69, 9.17) is 0 Å². The zero-order valence-corrected chi connectivity index (χ0v) is 11.8. The minimum absolute atomic E-state index is 0.0748. The van der Waals surface area contributed by atoms with Crippen LogP contribution in [0, 0.1) is 5.92 Å². The number of hydrogen-bond acceptors (Lipinski definition) is 2. The molecule has 0 aliphatic rings. The van der Waals surface area contributed by atoms with Gasteiger partial charge in [0.15, 0.2) is 0 Å². The maximum atomic E-state index is 11.6. The van der Waals surface area contributed by atoms with Gasteiger partial charge >= 0.3 is 0 Å². The second-order valence-electron chi connectivity index (χ2n) is 3.96. The van der Waals surface area contributed by atoms with E-state index in [0.717, 1.165) is 26.2 Å². The second kappa shape index (κ2) is 8.11. The van der Waals surface area contributed by atoms with Crippen LogP contribution in [0.5, 0.6) is 0 Å². The topological polar surface area (TPSA) is 32.3 Å². The zero-order valence-electron chi connectivity index (χ0n) is 10.2. The van der Waals surface area contributed by atoms with Gasteiger partial charge in [0, 0.05) is 13.1 Å². The minimum atomic E-state index is -0.0748. The lowest BCUT2D eigenvalue weighted by molar-refractivity contribution is -0.121. The molecule has 15 heavy (non-hydrogen) atoms. The number of carbonyl (C=O) groups is 1. The smallest absolute Gasteiger partial charge is 0.234 e. The first kappa shape index (κ1) is 14.9. The summed E-state index contributed by atoms with van der Waals surface area (Å²) in [5.41, 5.74) is 0. The first-order valence-corrected chi connectivity index (χ1v) is 6.58. The van der Waals surface area contributed by atoms with Gasteiger partial charge < -0.3 is 10.2 Å². The summed E-state index contributed by atoms with van der Waals surface area (Å²) >= 11 is 3.38. The molecule has 0 bridgehead atoms. The number of nitrogens with one attached hydrogen (secondary N) is 1. The Hall–Kier alpha value is -0.0900. The van der Waals surface area contributed by atoms with E-state index in [9.17, 15) is 4.79 Å². The third kappa shape index (κ3) is 6.15. The Balaban J connectivity index is 3.72. The third-order valence-electron chi connectivity index (χ3n) is 2.46. The number of amides is 1. The molecule has 90 valence electrons. The average Bonchev–Trinajstić information content (AvgIpc) is 2.22. The van der Waals surface area contributed by atoms with E-state index in [1.165, 1.54) is 0 Å². The average molecular weight is 279 g/mol. The molecule has 1 amide bonds. The third-order valence-corrected chi connectivity index (χ3v) is 3.93. The molecule has 0 aromatic carbocycles. The van der Waals surface area contributed by atoms with Crippen molar-refractivity contribution in [1.29, 1.82) is 0 Å². The van der Waals surface area contributed by atoms with Crippen molar-refractivity contribution in [3.05, 3.63) is 0 Å². The Kier molecular flexibility index (Phi) is 8.06. The van der Waals surface area contributed by atoms with Crippen LogP contribution >= 0.6 is 15.9 Å². The fourth-order valence-corrected chi connectivity index (χ4v) is 1.44. The molecule has 0 radical (unpaired) electrons. The van der Waals surface area contributed by atoms with E-state index in [1.807, 2.05) is 13.8 Å². The standard InChI is InChI=1S/C11H23BrN2O/c1-5-14(6-2)8-7-13-11(15)10(12)9(3)4/h9-10H,5-8H2,1-4H3,(H,13,15). The highest BCUT2D eigenvalue weighted by molar-refractivity contribution is 9.10. The molecule has 0 saturated carbocycles. The highest BCUT2D eigenvalue weighted by Crippen LogP contribution is 2.11. The molecule has 0 aromatic heterocycles. The maximum Gasteiger partial charge on any atom is 0.234 e. The van der Waals surface area contributed by atoms with Gasteiger partial charge in [-0.25, -0.2) is 0 Å². The van der Waals surface area contributed by atoms with Gasteiger partial charge in [-0.15, -0.1) is 0 Å². The Labute approximate surface area is 102 Å². The van der Waals surface area contributed by atoms with Crippen molar-refractivity contribution in [3.8, 4) is 0 Å². The normalized spacial score (nSPS) is 13.3. The molecule has 0 fully saturated rings. The molecule has 0 spiro atoms. The fourth-order valence-electron chi connectivity index (χ4n) is 1.28. The monoisotopic (exact) mass is 278 g/mol. The van der Waals surface area contributed by atoms with Gasteiger partial charge in [0.1, 0.15) is 0 Å². The van der Waals surface area contributed by atoms with Crippen LogP contribution in [-0.4, -0.2) is 41.8 Å². The molecular formula is C11H23BrN2O. The number of likely N-dealkylation sites (N-methyl/N-ethyl adjacent to an activating group) is 1. The lowest BCUT2D eigenvalue weighted by atomic mass is 10.1. The molecule has 4 heteroatoms. The van der Waals surface area contributed by atoms with E-state index in [1.54, 1.807) is 0 Å². The number of halogens is 1. The summed E-state index contributed by atoms with van der Waals surface area (Å²) in [7, 11) is 0. The zero-order chi connectivity index (χ0) is 11.8. The summed E-state index contributed by atoms with van der Waals surface area (Å²) in [6.45, 7) is 12.1. The quantitative estimate of drug-likeness (QED) is 0.721. The van der Waals surface area contributed by atoms with Crippen molar-refractivity contribution in [2.75, 3.05) is 26.2 Å². The predicted molar refractivity (Wildman–Crippen MR) is 68.4 cm³/mol. The Morgan fingerprint density at radius 2 is 1.87 bits per heavy atom. The first-order chi connectivity index (χ1) is 7.02. The van der Waals surface area contributed by atoms with Crippen molar-refractivity contribution in [2.24, 2.45) is 5.92 Å². The number of alkyl halides is 1. The maximum absolute atomic E-state index is 11.6. The van der Waals surface area contributed by atoms with Gasteiger partial charge in [-0.1, -0.05) is 43.6 Å². The summed E-state index contributed by atoms with van der Waals surface area (Å²) in [6.07, 6.45) is 0. The molecule has 0 aromatic rings. The lowest BCUT2D eigenvalue weighted by Crippen LogP contribution is -2.39. The molecule has 1 atom stereocenters. The van der Waals surface area contributed by atoms with Gasteiger partial charge in [0.2, 0.25) is 5.91 Å². The van der Waals surface area contributed by atoms with Crippen LogP contribution in [0.4, 0.5) is 0 Å². The van der Waals surface area contributed by atoms with Crippen molar-refractivity contribution in [3.63, 3.8) is 0 Å². The number of nitrogens with zero attached hydrogens (tertiary/aromatic N) is 1. The molecular weight excluding hydrogens is 256 g/mol. The molecule has 0 aliphatic heterocycles. The van der Waals surface area contributed by atoms with Crippen LogP contribution in [0.2, 0.25) is 0 Å². The van der Waals surface area contributed by atoms with E-state index < -0.39 is 0 Å². The molecule has 0 aliphatic carbocycles. The van der Waals surface area contributed by atoms with Crippen LogP contribution in [0.25, 0.3) is 0 Å². The summed E-state index contributed by atoms with van der Waals surface area (Å²) < 4.78 is 0. The van der Waals surface area contributed by atoms with Crippen LogP contribution in [-0.2, 0) is 4.79 Å². The Morgan fingerprint density at radius 3 is 2.27 bits per heavy atom. The molecule has 0 saturated heterocycles. The lowest BCUT2D eigenvalue weighted by Gasteiger charge is -2.19. The van der Waals surface area contributed by atoms with Crippen LogP contribution in [0.1, 0.15) is 27.7 Å². The second-order valence-corrected chi connectivity index (χ2v) is 4.95. The predicted octanol–water partition coefficient (Wildman–Crippen LogP) is 1.86. The van der Waals surface area contributed by atoms with E-state index in [-0.39, 0.29) is 10.7 Å². The van der Waals surface area contributed by atoms with Crippen LogP contribution in [0.15, 0.2) is 0 Å². The SMILES string of the molecule is CCN(CC)CCNC(=O)C(Br)C(C)C.